The van der Waals surface area contributed by atoms with Crippen molar-refractivity contribution in [1.82, 2.24) is 20.1 Å². The molecule has 1 aromatic heterocycles. The first kappa shape index (κ1) is 26.5. The topological polar surface area (TPSA) is 124 Å². The quantitative estimate of drug-likeness (QED) is 0.461. The summed E-state index contributed by atoms with van der Waals surface area (Å²) in [4.78, 5) is 43.5. The molecule has 3 amide bonds. The van der Waals surface area contributed by atoms with E-state index in [0.717, 1.165) is 5.56 Å². The van der Waals surface area contributed by atoms with Crippen LogP contribution in [0.25, 0.3) is 0 Å². The molecule has 35 heavy (non-hydrogen) atoms. The number of carboxylic acid groups (broad SMARTS) is 1. The summed E-state index contributed by atoms with van der Waals surface area (Å²) in [5, 5.41) is 15.2. The lowest BCUT2D eigenvalue weighted by molar-refractivity contribution is -0.138. The van der Waals surface area contributed by atoms with Crippen LogP contribution in [0.5, 0.6) is 5.88 Å². The number of urea groups is 1. The number of nitrogens with zero attached hydrogens (tertiary/aromatic N) is 3. The summed E-state index contributed by atoms with van der Waals surface area (Å²) in [7, 11) is 0. The lowest BCUT2D eigenvalue weighted by Gasteiger charge is -2.33. The van der Waals surface area contributed by atoms with Gasteiger partial charge in [-0.2, -0.15) is 0 Å². The summed E-state index contributed by atoms with van der Waals surface area (Å²) in [5.74, 6) is -1.07. The number of nitrogens with one attached hydrogen (secondary N) is 2. The number of aliphatic carboxylic acids is 1. The molecule has 10 nitrogen and oxygen atoms in total. The standard InChI is InChI=1S/C23H27Cl2N5O5/c1-2-19(35-22-18(25)11-16(24)13-27-22)21(33)26-12-15-4-3-5-17(10-15)28-23(34)30-8-6-29(7-9-30)14-20(31)32/h3-5,10-11,13,19H,2,6-9,12,14H2,1H3,(H,26,33)(H,28,34)(H,31,32)/t19-/m1/s1. The van der Waals surface area contributed by atoms with E-state index in [1.807, 2.05) is 13.0 Å². The van der Waals surface area contributed by atoms with Gasteiger partial charge in [0.05, 0.1) is 11.6 Å². The van der Waals surface area contributed by atoms with Gasteiger partial charge in [0.2, 0.25) is 5.88 Å². The number of piperazine rings is 1. The third-order valence-electron chi connectivity index (χ3n) is 5.35. The number of carbonyl (C=O) groups is 3. The Balaban J connectivity index is 1.51. The minimum atomic E-state index is -0.880. The van der Waals surface area contributed by atoms with Crippen LogP contribution in [0.2, 0.25) is 10.0 Å². The predicted octanol–water partition coefficient (Wildman–Crippen LogP) is 3.10. The van der Waals surface area contributed by atoms with Crippen LogP contribution in [0.1, 0.15) is 18.9 Å². The Kier molecular flexibility index (Phi) is 9.53. The number of pyridine rings is 1. The van der Waals surface area contributed by atoms with Crippen molar-refractivity contribution in [3.8, 4) is 5.88 Å². The fraction of sp³-hybridized carbons (Fsp3) is 0.391. The van der Waals surface area contributed by atoms with Crippen molar-refractivity contribution in [2.75, 3.05) is 38.0 Å². The van der Waals surface area contributed by atoms with Crippen molar-refractivity contribution in [3.05, 3.63) is 52.1 Å². The van der Waals surface area contributed by atoms with Crippen LogP contribution in [-0.2, 0) is 16.1 Å². The Morgan fingerprint density at radius 3 is 2.57 bits per heavy atom. The Labute approximate surface area is 213 Å². The first-order valence-electron chi connectivity index (χ1n) is 11.1. The highest BCUT2D eigenvalue weighted by molar-refractivity contribution is 6.35. The lowest BCUT2D eigenvalue weighted by atomic mass is 10.2. The summed E-state index contributed by atoms with van der Waals surface area (Å²) in [6.45, 7) is 3.91. The molecule has 1 saturated heterocycles. The minimum Gasteiger partial charge on any atom is -0.480 e. The molecule has 2 aromatic rings. The van der Waals surface area contributed by atoms with E-state index in [1.54, 1.807) is 28.0 Å². The van der Waals surface area contributed by atoms with Gasteiger partial charge in [0.25, 0.3) is 5.91 Å². The van der Waals surface area contributed by atoms with E-state index in [1.165, 1.54) is 12.3 Å². The van der Waals surface area contributed by atoms with Crippen LogP contribution in [-0.4, -0.2) is 76.6 Å². The number of benzene rings is 1. The molecule has 0 radical (unpaired) electrons. The fourth-order valence-corrected chi connectivity index (χ4v) is 3.94. The number of amides is 3. The third-order valence-corrected chi connectivity index (χ3v) is 5.83. The zero-order valence-corrected chi connectivity index (χ0v) is 20.7. The van der Waals surface area contributed by atoms with Gasteiger partial charge in [-0.25, -0.2) is 9.78 Å². The summed E-state index contributed by atoms with van der Waals surface area (Å²) in [5.41, 5.74) is 1.38. The van der Waals surface area contributed by atoms with Gasteiger partial charge in [0.15, 0.2) is 6.10 Å². The number of ether oxygens (including phenoxy) is 1. The van der Waals surface area contributed by atoms with Crippen LogP contribution < -0.4 is 15.4 Å². The Hall–Kier alpha value is -3.08. The summed E-state index contributed by atoms with van der Waals surface area (Å²) < 4.78 is 5.66. The zero-order chi connectivity index (χ0) is 25.4. The molecule has 2 heterocycles. The van der Waals surface area contributed by atoms with Crippen molar-refractivity contribution in [2.24, 2.45) is 0 Å². The van der Waals surface area contributed by atoms with Crippen molar-refractivity contribution in [3.63, 3.8) is 0 Å². The van der Waals surface area contributed by atoms with Crippen LogP contribution in [0.15, 0.2) is 36.5 Å². The van der Waals surface area contributed by atoms with Gasteiger partial charge in [-0.05, 0) is 30.2 Å². The molecule has 0 saturated carbocycles. The van der Waals surface area contributed by atoms with Gasteiger partial charge >= 0.3 is 12.0 Å². The molecular weight excluding hydrogens is 497 g/mol. The monoisotopic (exact) mass is 523 g/mol. The first-order valence-corrected chi connectivity index (χ1v) is 11.8. The SMILES string of the molecule is CC[C@@H](Oc1ncc(Cl)cc1Cl)C(=O)NCc1cccc(NC(=O)N2CCN(CC(=O)O)CC2)c1. The molecule has 0 aliphatic carbocycles. The third kappa shape index (κ3) is 7.98. The summed E-state index contributed by atoms with van der Waals surface area (Å²) >= 11 is 11.9. The molecule has 1 aromatic carbocycles. The highest BCUT2D eigenvalue weighted by atomic mass is 35.5. The molecule has 3 N–H and O–H groups in total. The number of carboxylic acids is 1. The van der Waals surface area contributed by atoms with Gasteiger partial charge in [-0.15, -0.1) is 0 Å². The predicted molar refractivity (Wildman–Crippen MR) is 132 cm³/mol. The zero-order valence-electron chi connectivity index (χ0n) is 19.2. The molecule has 1 atom stereocenters. The van der Waals surface area contributed by atoms with E-state index < -0.39 is 12.1 Å². The van der Waals surface area contributed by atoms with E-state index in [9.17, 15) is 14.4 Å². The fourth-order valence-electron chi connectivity index (χ4n) is 3.51. The molecule has 1 fully saturated rings. The summed E-state index contributed by atoms with van der Waals surface area (Å²) in [6, 6.07) is 8.39. The number of anilines is 1. The highest BCUT2D eigenvalue weighted by Gasteiger charge is 2.23. The normalized spacial score (nSPS) is 14.8. The molecule has 1 aliphatic rings. The van der Waals surface area contributed by atoms with Crippen LogP contribution in [0.4, 0.5) is 10.5 Å². The molecule has 0 unspecified atom stereocenters. The molecule has 0 spiro atoms. The maximum Gasteiger partial charge on any atom is 0.321 e. The Morgan fingerprint density at radius 2 is 1.91 bits per heavy atom. The molecule has 188 valence electrons. The summed E-state index contributed by atoms with van der Waals surface area (Å²) in [6.07, 6.45) is 1.01. The lowest BCUT2D eigenvalue weighted by Crippen LogP contribution is -2.51. The van der Waals surface area contributed by atoms with Gasteiger partial charge in [-0.1, -0.05) is 42.3 Å². The molecule has 3 rings (SSSR count). The molecule has 1 aliphatic heterocycles. The van der Waals surface area contributed by atoms with Crippen molar-refractivity contribution in [1.29, 1.82) is 0 Å². The number of carbonyl (C=O) groups excluding carboxylic acids is 2. The first-order chi connectivity index (χ1) is 16.7. The van der Waals surface area contributed by atoms with Crippen LogP contribution in [0, 0.1) is 0 Å². The van der Waals surface area contributed by atoms with Gasteiger partial charge in [-0.3, -0.25) is 14.5 Å². The van der Waals surface area contributed by atoms with Crippen LogP contribution >= 0.6 is 23.2 Å². The molecule has 12 heteroatoms. The average Bonchev–Trinajstić information content (AvgIpc) is 2.82. The Morgan fingerprint density at radius 1 is 1.17 bits per heavy atom. The second-order valence-electron chi connectivity index (χ2n) is 7.96. The second kappa shape index (κ2) is 12.6. The van der Waals surface area contributed by atoms with E-state index in [0.29, 0.717) is 43.3 Å². The number of rotatable bonds is 9. The Bertz CT molecular complexity index is 1060. The van der Waals surface area contributed by atoms with Crippen molar-refractivity contribution in [2.45, 2.75) is 26.0 Å². The maximum absolute atomic E-state index is 12.6. The van der Waals surface area contributed by atoms with Gasteiger partial charge in [0.1, 0.15) is 5.02 Å². The van der Waals surface area contributed by atoms with Crippen molar-refractivity contribution >= 4 is 46.8 Å². The van der Waals surface area contributed by atoms with E-state index in [4.69, 9.17) is 33.0 Å². The highest BCUT2D eigenvalue weighted by Crippen LogP contribution is 2.26. The minimum absolute atomic E-state index is 0.0313. The van der Waals surface area contributed by atoms with E-state index >= 15 is 0 Å². The smallest absolute Gasteiger partial charge is 0.321 e. The maximum atomic E-state index is 12.6. The van der Waals surface area contributed by atoms with Crippen molar-refractivity contribution < 1.29 is 24.2 Å². The number of hydrogen-bond acceptors (Lipinski definition) is 6. The number of halogens is 2. The van der Waals surface area contributed by atoms with Crippen LogP contribution in [0.3, 0.4) is 0 Å². The average molecular weight is 524 g/mol. The van der Waals surface area contributed by atoms with E-state index in [-0.39, 0.29) is 35.9 Å². The number of hydrogen-bond donors (Lipinski definition) is 3. The molecule has 0 bridgehead atoms. The van der Waals surface area contributed by atoms with E-state index in [2.05, 4.69) is 15.6 Å². The van der Waals surface area contributed by atoms with Gasteiger partial charge < -0.3 is 25.4 Å². The van der Waals surface area contributed by atoms with Gasteiger partial charge in [0, 0.05) is 44.6 Å². The molecular formula is C23H27Cl2N5O5. The second-order valence-corrected chi connectivity index (χ2v) is 8.80. The largest absolute Gasteiger partial charge is 0.480 e. The number of aromatic nitrogens is 1.